The van der Waals surface area contributed by atoms with Gasteiger partial charge in [0.25, 0.3) is 0 Å². The molecule has 1 aliphatic rings. The van der Waals surface area contributed by atoms with Gasteiger partial charge >= 0.3 is 0 Å². The largest absolute Gasteiger partial charge is 0.487 e. The van der Waals surface area contributed by atoms with Gasteiger partial charge in [-0.3, -0.25) is 0 Å². The van der Waals surface area contributed by atoms with Gasteiger partial charge in [0.1, 0.15) is 18.2 Å². The van der Waals surface area contributed by atoms with E-state index in [0.717, 1.165) is 28.5 Å². The van der Waals surface area contributed by atoms with E-state index < -0.39 is 0 Å². The van der Waals surface area contributed by atoms with Crippen molar-refractivity contribution in [1.29, 1.82) is 0 Å². The van der Waals surface area contributed by atoms with E-state index in [-0.39, 0.29) is 0 Å². The first-order valence-electron chi connectivity index (χ1n) is 5.03. The average Bonchev–Trinajstić information content (AvgIpc) is 2.58. The van der Waals surface area contributed by atoms with Crippen molar-refractivity contribution < 1.29 is 4.74 Å². The van der Waals surface area contributed by atoms with Crippen LogP contribution in [0.25, 0.3) is 11.3 Å². The van der Waals surface area contributed by atoms with Crippen LogP contribution in [-0.2, 0) is 6.61 Å². The van der Waals surface area contributed by atoms with Crippen molar-refractivity contribution in [3.63, 3.8) is 0 Å². The van der Waals surface area contributed by atoms with Gasteiger partial charge < -0.3 is 9.72 Å². The topological polar surface area (TPSA) is 37.9 Å². The smallest absolute Gasteiger partial charge is 0.130 e. The van der Waals surface area contributed by atoms with Gasteiger partial charge in [0, 0.05) is 5.56 Å². The number of nitrogens with zero attached hydrogens (tertiary/aromatic N) is 1. The maximum atomic E-state index is 5.67. The molecule has 2 aromatic rings. The molecule has 0 bridgehead atoms. The highest BCUT2D eigenvalue weighted by Crippen LogP contribution is 2.36. The van der Waals surface area contributed by atoms with Crippen LogP contribution in [0.3, 0.4) is 0 Å². The molecule has 0 amide bonds. The van der Waals surface area contributed by atoms with E-state index >= 15 is 0 Å². The summed E-state index contributed by atoms with van der Waals surface area (Å²) in [6, 6.07) is 6.21. The van der Waals surface area contributed by atoms with Crippen LogP contribution in [0.2, 0.25) is 0 Å². The van der Waals surface area contributed by atoms with Crippen LogP contribution in [0.15, 0.2) is 18.2 Å². The Morgan fingerprint density at radius 1 is 1.33 bits per heavy atom. The average molecular weight is 200 g/mol. The van der Waals surface area contributed by atoms with Gasteiger partial charge in [-0.1, -0.05) is 6.07 Å². The lowest BCUT2D eigenvalue weighted by molar-refractivity contribution is 0.297. The van der Waals surface area contributed by atoms with Crippen molar-refractivity contribution in [2.45, 2.75) is 20.5 Å². The van der Waals surface area contributed by atoms with E-state index in [2.05, 4.69) is 35.1 Å². The number of imidazole rings is 1. The van der Waals surface area contributed by atoms with Crippen molar-refractivity contribution in [3.8, 4) is 17.0 Å². The summed E-state index contributed by atoms with van der Waals surface area (Å²) in [6.45, 7) is 4.62. The van der Waals surface area contributed by atoms with Crippen LogP contribution in [0.5, 0.6) is 5.75 Å². The van der Waals surface area contributed by atoms with E-state index in [0.29, 0.717) is 6.61 Å². The summed E-state index contributed by atoms with van der Waals surface area (Å²) in [5.41, 5.74) is 4.41. The molecule has 0 fully saturated rings. The van der Waals surface area contributed by atoms with Crippen LogP contribution in [0.4, 0.5) is 0 Å². The van der Waals surface area contributed by atoms with Gasteiger partial charge in [0.15, 0.2) is 0 Å². The van der Waals surface area contributed by atoms with Crippen LogP contribution >= 0.6 is 0 Å². The number of benzene rings is 1. The number of hydrogen-bond acceptors (Lipinski definition) is 2. The summed E-state index contributed by atoms with van der Waals surface area (Å²) in [5.74, 6) is 1.88. The summed E-state index contributed by atoms with van der Waals surface area (Å²) < 4.78 is 5.67. The molecule has 1 aromatic heterocycles. The SMILES string of the molecule is Cc1ccc2c(c1)OCc1[nH]c(C)nc1-2. The maximum Gasteiger partial charge on any atom is 0.130 e. The zero-order valence-electron chi connectivity index (χ0n) is 8.79. The maximum absolute atomic E-state index is 5.67. The summed E-state index contributed by atoms with van der Waals surface area (Å²) in [4.78, 5) is 7.70. The summed E-state index contributed by atoms with van der Waals surface area (Å²) in [6.07, 6.45) is 0. The van der Waals surface area contributed by atoms with Crippen molar-refractivity contribution in [2.24, 2.45) is 0 Å². The Morgan fingerprint density at radius 2 is 2.20 bits per heavy atom. The quantitative estimate of drug-likeness (QED) is 0.709. The fourth-order valence-electron chi connectivity index (χ4n) is 1.96. The van der Waals surface area contributed by atoms with E-state index in [1.807, 2.05) is 6.92 Å². The molecule has 3 nitrogen and oxygen atoms in total. The fourth-order valence-corrected chi connectivity index (χ4v) is 1.96. The molecule has 2 heterocycles. The zero-order chi connectivity index (χ0) is 10.4. The Kier molecular flexibility index (Phi) is 1.63. The number of aromatic amines is 1. The van der Waals surface area contributed by atoms with Gasteiger partial charge in [-0.05, 0) is 31.5 Å². The molecule has 3 heteroatoms. The monoisotopic (exact) mass is 200 g/mol. The Balaban J connectivity index is 2.25. The predicted octanol–water partition coefficient (Wildman–Crippen LogP) is 2.59. The van der Waals surface area contributed by atoms with Gasteiger partial charge in [-0.25, -0.2) is 4.98 Å². The van der Waals surface area contributed by atoms with E-state index in [1.54, 1.807) is 0 Å². The van der Waals surface area contributed by atoms with E-state index in [4.69, 9.17) is 4.74 Å². The fraction of sp³-hybridized carbons (Fsp3) is 0.250. The molecule has 0 saturated heterocycles. The number of hydrogen-bond donors (Lipinski definition) is 1. The van der Waals surface area contributed by atoms with Gasteiger partial charge in [0.05, 0.1) is 11.4 Å². The first-order chi connectivity index (χ1) is 7.24. The van der Waals surface area contributed by atoms with Crippen LogP contribution < -0.4 is 4.74 Å². The lowest BCUT2D eigenvalue weighted by Gasteiger charge is -2.16. The Labute approximate surface area is 88.1 Å². The number of ether oxygens (including phenoxy) is 1. The van der Waals surface area contributed by atoms with E-state index in [9.17, 15) is 0 Å². The number of rotatable bonds is 0. The molecule has 0 saturated carbocycles. The lowest BCUT2D eigenvalue weighted by Crippen LogP contribution is -2.05. The van der Waals surface area contributed by atoms with Gasteiger partial charge in [-0.2, -0.15) is 0 Å². The standard InChI is InChI=1S/C12H12N2O/c1-7-3-4-9-11(5-7)15-6-10-12(9)14-8(2)13-10/h3-5H,6H2,1-2H3,(H,13,14). The normalized spacial score (nSPS) is 12.9. The molecule has 0 unspecified atom stereocenters. The summed E-state index contributed by atoms with van der Waals surface area (Å²) in [5, 5.41) is 0. The highest BCUT2D eigenvalue weighted by atomic mass is 16.5. The molecule has 1 N–H and O–H groups in total. The third-order valence-corrected chi connectivity index (χ3v) is 2.66. The van der Waals surface area contributed by atoms with Crippen LogP contribution in [-0.4, -0.2) is 9.97 Å². The number of aryl methyl sites for hydroxylation is 2. The molecule has 3 rings (SSSR count). The molecule has 0 radical (unpaired) electrons. The van der Waals surface area contributed by atoms with Crippen LogP contribution in [0, 0.1) is 13.8 Å². The molecule has 0 spiro atoms. The van der Waals surface area contributed by atoms with E-state index in [1.165, 1.54) is 5.56 Å². The third-order valence-electron chi connectivity index (χ3n) is 2.66. The second-order valence-electron chi connectivity index (χ2n) is 3.94. The van der Waals surface area contributed by atoms with Crippen molar-refractivity contribution in [1.82, 2.24) is 9.97 Å². The highest BCUT2D eigenvalue weighted by Gasteiger charge is 2.20. The first-order valence-corrected chi connectivity index (χ1v) is 5.03. The minimum absolute atomic E-state index is 0.590. The second-order valence-corrected chi connectivity index (χ2v) is 3.94. The minimum atomic E-state index is 0.590. The summed E-state index contributed by atoms with van der Waals surface area (Å²) in [7, 11) is 0. The molecule has 1 aromatic carbocycles. The Morgan fingerprint density at radius 3 is 3.07 bits per heavy atom. The second kappa shape index (κ2) is 2.86. The molecule has 1 aliphatic heterocycles. The minimum Gasteiger partial charge on any atom is -0.487 e. The Hall–Kier alpha value is -1.77. The molecular formula is C12H12N2O. The van der Waals surface area contributed by atoms with Gasteiger partial charge in [0.2, 0.25) is 0 Å². The number of H-pyrrole nitrogens is 1. The Bertz CT molecular complexity index is 528. The van der Waals surface area contributed by atoms with Crippen molar-refractivity contribution in [3.05, 3.63) is 35.3 Å². The van der Waals surface area contributed by atoms with Crippen LogP contribution in [0.1, 0.15) is 17.1 Å². The molecule has 76 valence electrons. The molecule has 15 heavy (non-hydrogen) atoms. The van der Waals surface area contributed by atoms with Crippen molar-refractivity contribution >= 4 is 0 Å². The number of fused-ring (bicyclic) bond motifs is 3. The molecule has 0 aliphatic carbocycles. The lowest BCUT2D eigenvalue weighted by atomic mass is 10.0. The third kappa shape index (κ3) is 1.23. The first kappa shape index (κ1) is 8.53. The molecular weight excluding hydrogens is 188 g/mol. The highest BCUT2D eigenvalue weighted by molar-refractivity contribution is 5.71. The zero-order valence-corrected chi connectivity index (χ0v) is 8.79. The van der Waals surface area contributed by atoms with Gasteiger partial charge in [-0.15, -0.1) is 0 Å². The van der Waals surface area contributed by atoms with Crippen molar-refractivity contribution in [2.75, 3.05) is 0 Å². The molecule has 0 atom stereocenters. The number of nitrogens with one attached hydrogen (secondary N) is 1. The number of aromatic nitrogens is 2. The predicted molar refractivity (Wildman–Crippen MR) is 57.8 cm³/mol. The summed E-state index contributed by atoms with van der Waals surface area (Å²) >= 11 is 0.